The third kappa shape index (κ3) is 3.86. The van der Waals surface area contributed by atoms with Gasteiger partial charge >= 0.3 is 6.18 Å². The molecule has 7 heteroatoms. The van der Waals surface area contributed by atoms with Gasteiger partial charge in [-0.25, -0.2) is 4.99 Å². The highest BCUT2D eigenvalue weighted by molar-refractivity contribution is 8.18. The molecule has 0 unspecified atom stereocenters. The van der Waals surface area contributed by atoms with Crippen LogP contribution in [-0.4, -0.2) is 11.1 Å². The number of hydrogen-bond donors (Lipinski definition) is 1. The third-order valence-corrected chi connectivity index (χ3v) is 4.06. The van der Waals surface area contributed by atoms with Crippen LogP contribution in [0, 0.1) is 0 Å². The van der Waals surface area contributed by atoms with Gasteiger partial charge in [-0.1, -0.05) is 36.4 Å². The zero-order chi connectivity index (χ0) is 17.2. The molecule has 0 atom stereocenters. The summed E-state index contributed by atoms with van der Waals surface area (Å²) < 4.78 is 38.1. The van der Waals surface area contributed by atoms with Crippen LogP contribution in [0.25, 0.3) is 6.08 Å². The number of amides is 1. The minimum absolute atomic E-state index is 0.133. The second kappa shape index (κ2) is 6.52. The van der Waals surface area contributed by atoms with Crippen LogP contribution in [0.2, 0.25) is 0 Å². The van der Waals surface area contributed by atoms with Gasteiger partial charge in [0.05, 0.1) is 16.2 Å². The van der Waals surface area contributed by atoms with Crippen LogP contribution in [0.3, 0.4) is 0 Å². The summed E-state index contributed by atoms with van der Waals surface area (Å²) in [6, 6.07) is 13.9. The van der Waals surface area contributed by atoms with Crippen LogP contribution >= 0.6 is 11.8 Å². The van der Waals surface area contributed by atoms with E-state index in [1.807, 2.05) is 30.3 Å². The lowest BCUT2D eigenvalue weighted by Gasteiger charge is -2.06. The van der Waals surface area contributed by atoms with Crippen molar-refractivity contribution in [3.05, 3.63) is 70.6 Å². The number of carbonyl (C=O) groups is 1. The molecule has 2 aromatic carbocycles. The topological polar surface area (TPSA) is 41.5 Å². The summed E-state index contributed by atoms with van der Waals surface area (Å²) in [4.78, 5) is 16.5. The van der Waals surface area contributed by atoms with E-state index in [0.29, 0.717) is 4.91 Å². The molecule has 1 N–H and O–H groups in total. The Balaban J connectivity index is 1.83. The van der Waals surface area contributed by atoms with Crippen LogP contribution in [-0.2, 0) is 11.0 Å². The zero-order valence-electron chi connectivity index (χ0n) is 12.2. The van der Waals surface area contributed by atoms with E-state index in [0.717, 1.165) is 29.5 Å². The van der Waals surface area contributed by atoms with Crippen molar-refractivity contribution in [1.29, 1.82) is 0 Å². The zero-order valence-corrected chi connectivity index (χ0v) is 13.0. The number of amidine groups is 1. The van der Waals surface area contributed by atoms with Crippen molar-refractivity contribution < 1.29 is 18.0 Å². The lowest BCUT2D eigenvalue weighted by atomic mass is 10.2. The average molecular weight is 348 g/mol. The maximum absolute atomic E-state index is 12.7. The minimum Gasteiger partial charge on any atom is -0.300 e. The molecule has 2 aromatic rings. The Morgan fingerprint density at radius 2 is 1.79 bits per heavy atom. The number of nitrogens with one attached hydrogen (secondary N) is 1. The van der Waals surface area contributed by atoms with Crippen molar-refractivity contribution in [2.45, 2.75) is 6.18 Å². The monoisotopic (exact) mass is 348 g/mol. The van der Waals surface area contributed by atoms with Gasteiger partial charge in [-0.2, -0.15) is 13.2 Å². The Morgan fingerprint density at radius 3 is 2.50 bits per heavy atom. The molecule has 0 radical (unpaired) electrons. The lowest BCUT2D eigenvalue weighted by molar-refractivity contribution is -0.137. The number of hydrogen-bond acceptors (Lipinski definition) is 3. The first-order valence-corrected chi connectivity index (χ1v) is 7.75. The predicted molar refractivity (Wildman–Crippen MR) is 88.7 cm³/mol. The molecule has 1 amide bonds. The second-order valence-electron chi connectivity index (χ2n) is 4.94. The number of halogens is 3. The van der Waals surface area contributed by atoms with Crippen LogP contribution < -0.4 is 5.32 Å². The van der Waals surface area contributed by atoms with Crippen molar-refractivity contribution >= 4 is 34.6 Å². The molecule has 3 nitrogen and oxygen atoms in total. The molecule has 0 saturated carbocycles. The summed E-state index contributed by atoms with van der Waals surface area (Å²) >= 11 is 1.09. The molecule has 1 aliphatic heterocycles. The fourth-order valence-electron chi connectivity index (χ4n) is 2.05. The van der Waals surface area contributed by atoms with Gasteiger partial charge in [-0.15, -0.1) is 0 Å². The van der Waals surface area contributed by atoms with E-state index >= 15 is 0 Å². The summed E-state index contributed by atoms with van der Waals surface area (Å²) in [5, 5.41) is 2.81. The fourth-order valence-corrected chi connectivity index (χ4v) is 2.89. The maximum Gasteiger partial charge on any atom is 0.416 e. The molecule has 3 rings (SSSR count). The van der Waals surface area contributed by atoms with Gasteiger partial charge in [0, 0.05) is 0 Å². The molecular weight excluding hydrogens is 337 g/mol. The molecule has 1 aliphatic rings. The molecule has 0 aliphatic carbocycles. The summed E-state index contributed by atoms with van der Waals surface area (Å²) in [5.41, 5.74) is 0.211. The highest BCUT2D eigenvalue weighted by Crippen LogP contribution is 2.33. The van der Waals surface area contributed by atoms with E-state index in [9.17, 15) is 18.0 Å². The SMILES string of the molecule is O=C1NC(=Nc2cccc(C(F)(F)F)c2)S/C1=C\c1ccccc1. The van der Waals surface area contributed by atoms with Gasteiger partial charge in [0.2, 0.25) is 0 Å². The first-order chi connectivity index (χ1) is 11.4. The van der Waals surface area contributed by atoms with Crippen LogP contribution in [0.5, 0.6) is 0 Å². The molecule has 24 heavy (non-hydrogen) atoms. The fraction of sp³-hybridized carbons (Fsp3) is 0.0588. The van der Waals surface area contributed by atoms with E-state index in [4.69, 9.17) is 0 Å². The summed E-state index contributed by atoms with van der Waals surface area (Å²) in [6.45, 7) is 0. The highest BCUT2D eigenvalue weighted by Gasteiger charge is 2.30. The summed E-state index contributed by atoms with van der Waals surface area (Å²) in [7, 11) is 0. The summed E-state index contributed by atoms with van der Waals surface area (Å²) in [6.07, 6.45) is -2.73. The highest BCUT2D eigenvalue weighted by atomic mass is 32.2. The van der Waals surface area contributed by atoms with Gasteiger partial charge in [-0.05, 0) is 41.6 Å². The van der Waals surface area contributed by atoms with Gasteiger partial charge in [0.1, 0.15) is 0 Å². The number of carbonyl (C=O) groups excluding carboxylic acids is 1. The standard InChI is InChI=1S/C17H11F3N2OS/c18-17(19,20)12-7-4-8-13(10-12)21-16-22-15(23)14(24-16)9-11-5-2-1-3-6-11/h1-10H,(H,21,22,23)/b14-9-. The van der Waals surface area contributed by atoms with Crippen molar-refractivity contribution in [3.8, 4) is 0 Å². The predicted octanol–water partition coefficient (Wildman–Crippen LogP) is 4.60. The first kappa shape index (κ1) is 16.3. The largest absolute Gasteiger partial charge is 0.416 e. The normalized spacial score (nSPS) is 18.2. The molecule has 122 valence electrons. The Morgan fingerprint density at radius 1 is 1.04 bits per heavy atom. The van der Waals surface area contributed by atoms with Crippen molar-refractivity contribution in [2.75, 3.05) is 0 Å². The van der Waals surface area contributed by atoms with E-state index in [2.05, 4.69) is 10.3 Å². The molecule has 1 saturated heterocycles. The molecule has 0 aromatic heterocycles. The number of aliphatic imine (C=N–C) groups is 1. The quantitative estimate of drug-likeness (QED) is 0.806. The van der Waals surface area contributed by atoms with Crippen LogP contribution in [0.4, 0.5) is 18.9 Å². The van der Waals surface area contributed by atoms with Gasteiger partial charge in [-0.3, -0.25) is 4.79 Å². The molecule has 1 fully saturated rings. The number of alkyl halides is 3. The Labute approximate surface area is 140 Å². The smallest absolute Gasteiger partial charge is 0.300 e. The minimum atomic E-state index is -4.43. The average Bonchev–Trinajstić information content (AvgIpc) is 2.87. The van der Waals surface area contributed by atoms with Gasteiger partial charge in [0.25, 0.3) is 5.91 Å². The van der Waals surface area contributed by atoms with Crippen LogP contribution in [0.15, 0.2) is 64.5 Å². The second-order valence-corrected chi connectivity index (χ2v) is 5.97. The Bertz CT molecular complexity index is 829. The third-order valence-electron chi connectivity index (χ3n) is 3.15. The molecule has 1 heterocycles. The van der Waals surface area contributed by atoms with E-state index in [-0.39, 0.29) is 16.8 Å². The number of benzene rings is 2. The lowest BCUT2D eigenvalue weighted by Crippen LogP contribution is -2.19. The molecular formula is C17H11F3N2OS. The van der Waals surface area contributed by atoms with Crippen molar-refractivity contribution in [3.63, 3.8) is 0 Å². The van der Waals surface area contributed by atoms with Crippen molar-refractivity contribution in [2.24, 2.45) is 4.99 Å². The van der Waals surface area contributed by atoms with Gasteiger partial charge < -0.3 is 5.32 Å². The van der Waals surface area contributed by atoms with Crippen molar-refractivity contribution in [1.82, 2.24) is 5.32 Å². The van der Waals surface area contributed by atoms with E-state index in [1.165, 1.54) is 12.1 Å². The Hall–Kier alpha value is -2.54. The number of nitrogens with zero attached hydrogens (tertiary/aromatic N) is 1. The van der Waals surface area contributed by atoms with E-state index < -0.39 is 11.7 Å². The molecule has 0 bridgehead atoms. The summed E-state index contributed by atoms with van der Waals surface area (Å²) in [5.74, 6) is -0.324. The maximum atomic E-state index is 12.7. The van der Waals surface area contributed by atoms with Gasteiger partial charge in [0.15, 0.2) is 5.17 Å². The Kier molecular flexibility index (Phi) is 4.44. The van der Waals surface area contributed by atoms with E-state index in [1.54, 1.807) is 6.08 Å². The molecule has 0 spiro atoms. The number of thioether (sulfide) groups is 1. The first-order valence-electron chi connectivity index (χ1n) is 6.94. The van der Waals surface area contributed by atoms with Crippen LogP contribution in [0.1, 0.15) is 11.1 Å². The number of rotatable bonds is 2.